The molecule has 12 atom stereocenters. The summed E-state index contributed by atoms with van der Waals surface area (Å²) in [5.74, 6) is 1.74. The minimum atomic E-state index is -0.500. The zero-order valence-electron chi connectivity index (χ0n) is 25.4. The summed E-state index contributed by atoms with van der Waals surface area (Å²) >= 11 is 0. The lowest BCUT2D eigenvalue weighted by atomic mass is 9.62. The van der Waals surface area contributed by atoms with E-state index in [1.807, 2.05) is 0 Å². The summed E-state index contributed by atoms with van der Waals surface area (Å²) in [7, 11) is 1.71. The van der Waals surface area contributed by atoms with Gasteiger partial charge >= 0.3 is 0 Å². The summed E-state index contributed by atoms with van der Waals surface area (Å²) in [6.45, 7) is 11.1. The van der Waals surface area contributed by atoms with Gasteiger partial charge in [0.2, 0.25) is 0 Å². The Morgan fingerprint density at radius 2 is 1.77 bits per heavy atom. The van der Waals surface area contributed by atoms with E-state index in [1.165, 1.54) is 0 Å². The van der Waals surface area contributed by atoms with Crippen LogP contribution in [0.5, 0.6) is 0 Å². The van der Waals surface area contributed by atoms with E-state index in [9.17, 15) is 15.3 Å². The fraction of sp³-hybridized carbons (Fsp3) is 0.938. The topological polar surface area (TPSA) is 88.4 Å². The standard InChI is InChI=1S/C32H57O6P/c1-7-8-13-23(24-17-22(36-6)18-25(30(24)34)32(3,4)5)19(2)37-39-38-27-15-10-12-21-16-20-11-9-14-26(33)28(20)31(35)29(21)27/h19-27,29-30,33-35,39H,7-18H2,1-6H3. The summed E-state index contributed by atoms with van der Waals surface area (Å²) in [6, 6.07) is 0. The SMILES string of the molecule is CCCCC(C(C)OPOC1CCCC2CC3CCCC(O)C3=C(O)C21)C1CC(OC)CC(C(C)(C)C)C1O. The monoisotopic (exact) mass is 568 g/mol. The van der Waals surface area contributed by atoms with Gasteiger partial charge in [-0.1, -0.05) is 47.0 Å². The van der Waals surface area contributed by atoms with Crippen molar-refractivity contribution in [2.24, 2.45) is 40.9 Å². The Morgan fingerprint density at radius 3 is 2.46 bits per heavy atom. The molecule has 6 nitrogen and oxygen atoms in total. The first kappa shape index (κ1) is 31.7. The fourth-order valence-electron chi connectivity index (χ4n) is 8.60. The molecule has 0 spiro atoms. The Labute approximate surface area is 239 Å². The average Bonchev–Trinajstić information content (AvgIpc) is 2.89. The van der Waals surface area contributed by atoms with Gasteiger partial charge in [0.25, 0.3) is 0 Å². The van der Waals surface area contributed by atoms with Crippen molar-refractivity contribution >= 4 is 9.03 Å². The molecular formula is C32H57O6P. The second-order valence-corrected chi connectivity index (χ2v) is 14.9. The minimum Gasteiger partial charge on any atom is -0.512 e. The van der Waals surface area contributed by atoms with Crippen LogP contribution in [0.4, 0.5) is 0 Å². The summed E-state index contributed by atoms with van der Waals surface area (Å²) in [4.78, 5) is 0. The summed E-state index contributed by atoms with van der Waals surface area (Å²) in [5.41, 5.74) is 0.917. The van der Waals surface area contributed by atoms with E-state index in [1.54, 1.807) is 7.11 Å². The highest BCUT2D eigenvalue weighted by atomic mass is 31.1. The normalized spacial score (nSPS) is 39.4. The van der Waals surface area contributed by atoms with Gasteiger partial charge in [0.05, 0.1) is 30.5 Å². The molecule has 0 bridgehead atoms. The van der Waals surface area contributed by atoms with Gasteiger partial charge in [0.1, 0.15) is 5.76 Å². The Bertz CT molecular complexity index is 811. The van der Waals surface area contributed by atoms with E-state index < -0.39 is 6.10 Å². The van der Waals surface area contributed by atoms with Gasteiger partial charge in [-0.3, -0.25) is 0 Å². The van der Waals surface area contributed by atoms with E-state index in [2.05, 4.69) is 34.6 Å². The molecule has 0 aliphatic heterocycles. The van der Waals surface area contributed by atoms with Crippen LogP contribution >= 0.6 is 9.03 Å². The lowest BCUT2D eigenvalue weighted by Gasteiger charge is -2.48. The molecule has 0 heterocycles. The van der Waals surface area contributed by atoms with Gasteiger partial charge in [0, 0.05) is 13.0 Å². The lowest BCUT2D eigenvalue weighted by molar-refractivity contribution is -0.112. The van der Waals surface area contributed by atoms with Crippen molar-refractivity contribution < 1.29 is 29.1 Å². The third kappa shape index (κ3) is 7.23. The predicted molar refractivity (Wildman–Crippen MR) is 158 cm³/mol. The summed E-state index contributed by atoms with van der Waals surface area (Å²) in [5, 5.41) is 33.6. The lowest BCUT2D eigenvalue weighted by Crippen LogP contribution is -2.49. The second-order valence-electron chi connectivity index (χ2n) is 14.3. The van der Waals surface area contributed by atoms with E-state index >= 15 is 0 Å². The maximum Gasteiger partial charge on any atom is 0.155 e. The third-order valence-electron chi connectivity index (χ3n) is 10.8. The highest BCUT2D eigenvalue weighted by Gasteiger charge is 2.48. The van der Waals surface area contributed by atoms with Crippen molar-refractivity contribution in [3.8, 4) is 0 Å². The molecule has 3 saturated carbocycles. The van der Waals surface area contributed by atoms with Crippen LogP contribution in [0.2, 0.25) is 0 Å². The zero-order chi connectivity index (χ0) is 28.3. The number of aliphatic hydroxyl groups is 3. The predicted octanol–water partition coefficient (Wildman–Crippen LogP) is 7.33. The van der Waals surface area contributed by atoms with Crippen molar-refractivity contribution in [3.05, 3.63) is 11.3 Å². The fourth-order valence-corrected chi connectivity index (χ4v) is 9.37. The highest BCUT2D eigenvalue weighted by Crippen LogP contribution is 2.51. The van der Waals surface area contributed by atoms with Gasteiger partial charge in [-0.2, -0.15) is 0 Å². The van der Waals surface area contributed by atoms with Crippen LogP contribution in [-0.2, 0) is 13.8 Å². The first-order valence-electron chi connectivity index (χ1n) is 15.9. The molecule has 3 N–H and O–H groups in total. The molecule has 7 heteroatoms. The number of hydrogen-bond acceptors (Lipinski definition) is 6. The number of ether oxygens (including phenoxy) is 1. The quantitative estimate of drug-likeness (QED) is 0.239. The van der Waals surface area contributed by atoms with E-state index in [-0.39, 0.29) is 62.5 Å². The molecular weight excluding hydrogens is 511 g/mol. The van der Waals surface area contributed by atoms with Crippen molar-refractivity contribution in [1.29, 1.82) is 0 Å². The molecule has 0 aromatic heterocycles. The molecule has 0 amide bonds. The average molecular weight is 569 g/mol. The smallest absolute Gasteiger partial charge is 0.155 e. The molecule has 4 rings (SSSR count). The molecule has 0 aromatic carbocycles. The molecule has 4 aliphatic carbocycles. The number of aliphatic hydroxyl groups excluding tert-OH is 3. The number of rotatable bonds is 10. The maximum atomic E-state index is 11.6. The number of unbranched alkanes of at least 4 members (excludes halogenated alkanes) is 1. The van der Waals surface area contributed by atoms with Gasteiger partial charge < -0.3 is 29.1 Å². The molecule has 39 heavy (non-hydrogen) atoms. The molecule has 0 radical (unpaired) electrons. The Balaban J connectivity index is 1.42. The van der Waals surface area contributed by atoms with Gasteiger partial charge in [-0.15, -0.1) is 0 Å². The molecule has 4 aliphatic rings. The molecule has 12 unspecified atom stereocenters. The first-order valence-corrected chi connectivity index (χ1v) is 16.8. The van der Waals surface area contributed by atoms with Crippen LogP contribution in [0.1, 0.15) is 112 Å². The van der Waals surface area contributed by atoms with Crippen molar-refractivity contribution in [2.45, 2.75) is 142 Å². The molecule has 226 valence electrons. The first-order chi connectivity index (χ1) is 18.6. The van der Waals surface area contributed by atoms with Crippen molar-refractivity contribution in [2.75, 3.05) is 7.11 Å². The largest absolute Gasteiger partial charge is 0.512 e. The zero-order valence-corrected chi connectivity index (χ0v) is 26.4. The van der Waals surface area contributed by atoms with Crippen LogP contribution in [0, 0.1) is 40.9 Å². The number of fused-ring (bicyclic) bond motifs is 2. The third-order valence-corrected chi connectivity index (χ3v) is 11.7. The molecule has 3 fully saturated rings. The van der Waals surface area contributed by atoms with Gasteiger partial charge in [0.15, 0.2) is 9.03 Å². The van der Waals surface area contributed by atoms with Crippen LogP contribution in [0.3, 0.4) is 0 Å². The molecule has 0 aromatic rings. The summed E-state index contributed by atoms with van der Waals surface area (Å²) < 4.78 is 18.8. The van der Waals surface area contributed by atoms with Crippen LogP contribution in [0.25, 0.3) is 0 Å². The maximum absolute atomic E-state index is 11.6. The number of hydrogen-bond donors (Lipinski definition) is 3. The minimum absolute atomic E-state index is 0.0120. The van der Waals surface area contributed by atoms with E-state index in [0.29, 0.717) is 17.6 Å². The van der Waals surface area contributed by atoms with E-state index in [4.69, 9.17) is 13.8 Å². The van der Waals surface area contributed by atoms with Crippen LogP contribution in [-0.4, -0.2) is 52.9 Å². The van der Waals surface area contributed by atoms with Crippen LogP contribution in [0.15, 0.2) is 11.3 Å². The van der Waals surface area contributed by atoms with Crippen LogP contribution < -0.4 is 0 Å². The van der Waals surface area contributed by atoms with Gasteiger partial charge in [-0.25, -0.2) is 0 Å². The Morgan fingerprint density at radius 1 is 1.03 bits per heavy atom. The van der Waals surface area contributed by atoms with Gasteiger partial charge in [-0.05, 0) is 105 Å². The second kappa shape index (κ2) is 13.8. The summed E-state index contributed by atoms with van der Waals surface area (Å²) in [6.07, 6.45) is 11.3. The van der Waals surface area contributed by atoms with Crippen molar-refractivity contribution in [1.82, 2.24) is 0 Å². The molecule has 0 saturated heterocycles. The Hall–Kier alpha value is -0.230. The van der Waals surface area contributed by atoms with Crippen molar-refractivity contribution in [3.63, 3.8) is 0 Å². The van der Waals surface area contributed by atoms with E-state index in [0.717, 1.165) is 82.6 Å². The Kier molecular flexibility index (Phi) is 11.2. The number of methoxy groups -OCH3 is 1. The highest BCUT2D eigenvalue weighted by molar-refractivity contribution is 7.26.